The lowest BCUT2D eigenvalue weighted by molar-refractivity contribution is -0.123. The first-order chi connectivity index (χ1) is 14.9. The Morgan fingerprint density at radius 2 is 1.84 bits per heavy atom. The Bertz CT molecular complexity index is 1110. The summed E-state index contributed by atoms with van der Waals surface area (Å²) in [5.74, 6) is -1.07. The number of nitrogens with one attached hydrogen (secondary N) is 1. The monoisotopic (exact) mass is 478 g/mol. The fourth-order valence-electron chi connectivity index (χ4n) is 3.26. The normalized spacial score (nSPS) is 15.0. The third kappa shape index (κ3) is 4.96. The third-order valence-electron chi connectivity index (χ3n) is 4.94. The molecule has 0 aliphatic carbocycles. The van der Waals surface area contributed by atoms with Gasteiger partial charge in [0.05, 0.1) is 18.2 Å². The summed E-state index contributed by atoms with van der Waals surface area (Å²) in [5.41, 5.74) is 1.69. The van der Waals surface area contributed by atoms with E-state index < -0.39 is 18.0 Å². The average Bonchev–Trinajstić information content (AvgIpc) is 3.10. The Morgan fingerprint density at radius 3 is 2.55 bits per heavy atom. The number of esters is 1. The van der Waals surface area contributed by atoms with Crippen LogP contribution in [0.25, 0.3) is 10.1 Å². The molecular weight excluding hydrogens is 459 g/mol. The summed E-state index contributed by atoms with van der Waals surface area (Å²) in [6.45, 7) is 4.61. The highest BCUT2D eigenvalue weighted by Crippen LogP contribution is 2.37. The van der Waals surface area contributed by atoms with Crippen molar-refractivity contribution in [2.45, 2.75) is 13.0 Å². The molecule has 6 nitrogen and oxygen atoms in total. The van der Waals surface area contributed by atoms with E-state index in [4.69, 9.17) is 32.7 Å². The highest BCUT2D eigenvalue weighted by molar-refractivity contribution is 7.21. The second-order valence-electron chi connectivity index (χ2n) is 7.07. The first-order valence-corrected chi connectivity index (χ1v) is 11.3. The van der Waals surface area contributed by atoms with E-state index in [2.05, 4.69) is 10.2 Å². The zero-order chi connectivity index (χ0) is 22.0. The number of fused-ring (bicyclic) bond motifs is 1. The van der Waals surface area contributed by atoms with E-state index in [9.17, 15) is 9.59 Å². The van der Waals surface area contributed by atoms with Gasteiger partial charge in [-0.25, -0.2) is 4.79 Å². The lowest BCUT2D eigenvalue weighted by atomic mass is 10.2. The van der Waals surface area contributed by atoms with Crippen molar-refractivity contribution in [1.29, 1.82) is 0 Å². The molecule has 0 spiro atoms. The lowest BCUT2D eigenvalue weighted by Crippen LogP contribution is -2.36. The number of carbonyl (C=O) groups is 2. The minimum absolute atomic E-state index is 0.244. The van der Waals surface area contributed by atoms with E-state index in [1.165, 1.54) is 18.3 Å². The van der Waals surface area contributed by atoms with E-state index in [-0.39, 0.29) is 4.88 Å². The van der Waals surface area contributed by atoms with Crippen LogP contribution in [0.2, 0.25) is 10.0 Å². The zero-order valence-corrected chi connectivity index (χ0v) is 19.0. The number of ether oxygens (including phenoxy) is 2. The van der Waals surface area contributed by atoms with Crippen LogP contribution >= 0.6 is 34.5 Å². The van der Waals surface area contributed by atoms with Gasteiger partial charge in [0.15, 0.2) is 6.10 Å². The molecule has 2 heterocycles. The molecule has 1 saturated heterocycles. The second-order valence-corrected chi connectivity index (χ2v) is 8.94. The van der Waals surface area contributed by atoms with Gasteiger partial charge >= 0.3 is 5.97 Å². The summed E-state index contributed by atoms with van der Waals surface area (Å²) in [7, 11) is 0. The van der Waals surface area contributed by atoms with Crippen LogP contribution in [0.15, 0.2) is 42.5 Å². The largest absolute Gasteiger partial charge is 0.448 e. The topological polar surface area (TPSA) is 67.9 Å². The molecule has 0 radical (unpaired) electrons. The number of nitrogens with zero attached hydrogens (tertiary/aromatic N) is 1. The summed E-state index contributed by atoms with van der Waals surface area (Å²) in [6, 6.07) is 12.7. The molecule has 1 atom stereocenters. The van der Waals surface area contributed by atoms with Crippen LogP contribution in [0.5, 0.6) is 0 Å². The standard InChI is InChI=1S/C22H20Cl2N2O4S/c1-13(30-22(28)20-19(24)17-7-2-14(23)12-18(17)31-20)21(27)25-15-3-5-16(6-4-15)26-8-10-29-11-9-26/h2-7,12-13H,8-11H2,1H3,(H,25,27). The molecule has 9 heteroatoms. The van der Waals surface area contributed by atoms with Crippen molar-refractivity contribution < 1.29 is 19.1 Å². The Morgan fingerprint density at radius 1 is 1.13 bits per heavy atom. The van der Waals surface area contributed by atoms with E-state index in [0.29, 0.717) is 28.9 Å². The van der Waals surface area contributed by atoms with Crippen molar-refractivity contribution in [3.8, 4) is 0 Å². The van der Waals surface area contributed by atoms with Gasteiger partial charge in [-0.2, -0.15) is 0 Å². The summed E-state index contributed by atoms with van der Waals surface area (Å²) in [5, 5.41) is 4.35. The molecule has 4 rings (SSSR count). The number of amides is 1. The summed E-state index contributed by atoms with van der Waals surface area (Å²) < 4.78 is 11.5. The van der Waals surface area contributed by atoms with Crippen LogP contribution in [0.4, 0.5) is 11.4 Å². The molecule has 2 aromatic carbocycles. The van der Waals surface area contributed by atoms with E-state index in [1.807, 2.05) is 24.3 Å². The SMILES string of the molecule is CC(OC(=O)c1sc2cc(Cl)ccc2c1Cl)C(=O)Nc1ccc(N2CCOCC2)cc1. The van der Waals surface area contributed by atoms with E-state index >= 15 is 0 Å². The summed E-state index contributed by atoms with van der Waals surface area (Å²) in [4.78, 5) is 27.6. The number of benzene rings is 2. The van der Waals surface area contributed by atoms with Gasteiger partial charge in [-0.1, -0.05) is 29.3 Å². The molecule has 1 aromatic heterocycles. The van der Waals surface area contributed by atoms with Gasteiger partial charge in [0, 0.05) is 39.6 Å². The highest BCUT2D eigenvalue weighted by Gasteiger charge is 2.24. The number of anilines is 2. The summed E-state index contributed by atoms with van der Waals surface area (Å²) >= 11 is 13.5. The molecule has 0 saturated carbocycles. The van der Waals surface area contributed by atoms with Gasteiger partial charge in [-0.05, 0) is 43.3 Å². The van der Waals surface area contributed by atoms with Gasteiger partial charge < -0.3 is 19.7 Å². The van der Waals surface area contributed by atoms with Crippen molar-refractivity contribution >= 4 is 67.9 Å². The van der Waals surface area contributed by atoms with Gasteiger partial charge in [0.1, 0.15) is 4.88 Å². The fraction of sp³-hybridized carbons (Fsp3) is 0.273. The minimum Gasteiger partial charge on any atom is -0.448 e. The number of hydrogen-bond donors (Lipinski definition) is 1. The van der Waals surface area contributed by atoms with Gasteiger partial charge in [0.2, 0.25) is 0 Å². The predicted molar refractivity (Wildman–Crippen MR) is 125 cm³/mol. The van der Waals surface area contributed by atoms with Crippen LogP contribution in [-0.2, 0) is 14.3 Å². The Balaban J connectivity index is 1.38. The first-order valence-electron chi connectivity index (χ1n) is 9.74. The van der Waals surface area contributed by atoms with Gasteiger partial charge in [-0.3, -0.25) is 4.79 Å². The van der Waals surface area contributed by atoms with Crippen molar-refractivity contribution in [3.05, 3.63) is 57.4 Å². The van der Waals surface area contributed by atoms with Crippen LogP contribution in [0.1, 0.15) is 16.6 Å². The quantitative estimate of drug-likeness (QED) is 0.508. The smallest absolute Gasteiger partial charge is 0.350 e. The second kappa shape index (κ2) is 9.44. The van der Waals surface area contributed by atoms with Crippen molar-refractivity contribution in [2.75, 3.05) is 36.5 Å². The minimum atomic E-state index is -0.990. The Labute approximate surface area is 193 Å². The van der Waals surface area contributed by atoms with Crippen LogP contribution in [0, 0.1) is 0 Å². The summed E-state index contributed by atoms with van der Waals surface area (Å²) in [6.07, 6.45) is -0.990. The molecule has 1 N–H and O–H groups in total. The molecule has 3 aromatic rings. The maximum atomic E-state index is 12.6. The van der Waals surface area contributed by atoms with Crippen molar-refractivity contribution in [3.63, 3.8) is 0 Å². The Hall–Kier alpha value is -2.32. The van der Waals surface area contributed by atoms with Crippen LogP contribution in [-0.4, -0.2) is 44.3 Å². The lowest BCUT2D eigenvalue weighted by Gasteiger charge is -2.28. The molecule has 162 valence electrons. The molecule has 1 aliphatic rings. The van der Waals surface area contributed by atoms with Gasteiger partial charge in [-0.15, -0.1) is 11.3 Å². The number of thiophene rings is 1. The number of rotatable bonds is 5. The van der Waals surface area contributed by atoms with Crippen molar-refractivity contribution in [1.82, 2.24) is 0 Å². The molecule has 1 fully saturated rings. The molecule has 1 aliphatic heterocycles. The first kappa shape index (κ1) is 21.9. The number of carbonyl (C=O) groups excluding carboxylic acids is 2. The maximum absolute atomic E-state index is 12.6. The molecule has 1 amide bonds. The van der Waals surface area contributed by atoms with Crippen molar-refractivity contribution in [2.24, 2.45) is 0 Å². The van der Waals surface area contributed by atoms with Gasteiger partial charge in [0.25, 0.3) is 5.91 Å². The third-order valence-corrected chi connectivity index (χ3v) is 6.81. The molecule has 1 unspecified atom stereocenters. The van der Waals surface area contributed by atoms with E-state index in [0.717, 1.165) is 28.9 Å². The number of halogens is 2. The Kier molecular flexibility index (Phi) is 6.67. The number of morpholine rings is 1. The number of hydrogen-bond acceptors (Lipinski definition) is 6. The molecule has 31 heavy (non-hydrogen) atoms. The van der Waals surface area contributed by atoms with Crippen LogP contribution < -0.4 is 10.2 Å². The predicted octanol–water partition coefficient (Wildman–Crippen LogP) is 5.23. The molecule has 0 bridgehead atoms. The highest BCUT2D eigenvalue weighted by atomic mass is 35.5. The average molecular weight is 479 g/mol. The molecular formula is C22H20Cl2N2O4S. The zero-order valence-electron chi connectivity index (χ0n) is 16.7. The fourth-order valence-corrected chi connectivity index (χ4v) is 4.93. The maximum Gasteiger partial charge on any atom is 0.350 e. The van der Waals surface area contributed by atoms with Crippen LogP contribution in [0.3, 0.4) is 0 Å². The van der Waals surface area contributed by atoms with E-state index in [1.54, 1.807) is 18.2 Å².